The van der Waals surface area contributed by atoms with E-state index in [0.717, 1.165) is 22.6 Å². The number of thiazole rings is 1. The molecule has 0 saturated carbocycles. The van der Waals surface area contributed by atoms with Gasteiger partial charge in [-0.1, -0.05) is 76.6 Å². The zero-order chi connectivity index (χ0) is 29.7. The van der Waals surface area contributed by atoms with E-state index in [9.17, 15) is 19.2 Å². The van der Waals surface area contributed by atoms with Crippen LogP contribution >= 0.6 is 46.3 Å². The summed E-state index contributed by atoms with van der Waals surface area (Å²) in [5.41, 5.74) is 2.74. The third-order valence-electron chi connectivity index (χ3n) is 7.34. The summed E-state index contributed by atoms with van der Waals surface area (Å²) in [6, 6.07) is 21.3. The van der Waals surface area contributed by atoms with Crippen LogP contribution in [0, 0.1) is 5.92 Å². The second-order valence-electron chi connectivity index (χ2n) is 10.2. The molecular weight excluding hydrogens is 615 g/mol. The monoisotopic (exact) mass is 638 g/mol. The minimum Gasteiger partial charge on any atom is -0.378 e. The van der Waals surface area contributed by atoms with Crippen LogP contribution in [0.15, 0.2) is 82.6 Å². The lowest BCUT2D eigenvalue weighted by Crippen LogP contribution is -2.33. The van der Waals surface area contributed by atoms with Crippen molar-refractivity contribution in [3.63, 3.8) is 0 Å². The van der Waals surface area contributed by atoms with Crippen molar-refractivity contribution in [3.8, 4) is 0 Å². The lowest BCUT2D eigenvalue weighted by atomic mass is 9.83. The maximum absolute atomic E-state index is 14.0. The Balaban J connectivity index is 1.40. The number of amides is 3. The number of carbonyl (C=O) groups is 3. The van der Waals surface area contributed by atoms with E-state index in [-0.39, 0.29) is 28.3 Å². The van der Waals surface area contributed by atoms with E-state index < -0.39 is 23.0 Å². The molecule has 2 aliphatic heterocycles. The first-order valence-corrected chi connectivity index (χ1v) is 15.4. The maximum Gasteiger partial charge on any atom is 0.308 e. The molecule has 3 atom stereocenters. The van der Waals surface area contributed by atoms with E-state index >= 15 is 0 Å². The Morgan fingerprint density at radius 1 is 0.929 bits per heavy atom. The van der Waals surface area contributed by atoms with E-state index in [4.69, 9.17) is 23.2 Å². The summed E-state index contributed by atoms with van der Waals surface area (Å²) in [7, 11) is 3.87. The number of rotatable bonds is 6. The van der Waals surface area contributed by atoms with E-state index in [0.29, 0.717) is 26.3 Å². The summed E-state index contributed by atoms with van der Waals surface area (Å²) in [4.78, 5) is 57.7. The van der Waals surface area contributed by atoms with Crippen molar-refractivity contribution in [2.45, 2.75) is 22.7 Å². The van der Waals surface area contributed by atoms with Crippen LogP contribution in [0.4, 0.5) is 17.1 Å². The van der Waals surface area contributed by atoms with E-state index in [2.05, 4.69) is 5.32 Å². The fraction of sp³-hybridized carbons (Fsp3) is 0.200. The van der Waals surface area contributed by atoms with Gasteiger partial charge in [0.25, 0.3) is 0 Å². The Morgan fingerprint density at radius 2 is 1.64 bits per heavy atom. The van der Waals surface area contributed by atoms with Gasteiger partial charge in [0.1, 0.15) is 11.8 Å². The second kappa shape index (κ2) is 11.3. The number of anilines is 3. The molecule has 6 rings (SSSR count). The predicted octanol–water partition coefficient (Wildman–Crippen LogP) is 5.72. The van der Waals surface area contributed by atoms with Crippen LogP contribution in [-0.4, -0.2) is 41.6 Å². The van der Waals surface area contributed by atoms with Crippen molar-refractivity contribution in [2.24, 2.45) is 5.92 Å². The van der Waals surface area contributed by atoms with Crippen LogP contribution in [0.25, 0.3) is 0 Å². The molecule has 0 spiro atoms. The number of hydrogen-bond acceptors (Lipinski definition) is 7. The lowest BCUT2D eigenvalue weighted by Gasteiger charge is -2.31. The number of thioether (sulfide) groups is 1. The first kappa shape index (κ1) is 28.5. The maximum atomic E-state index is 14.0. The third kappa shape index (κ3) is 5.02. The molecule has 1 aromatic heterocycles. The van der Waals surface area contributed by atoms with Crippen molar-refractivity contribution in [1.82, 2.24) is 4.57 Å². The molecule has 2 aliphatic rings. The molecule has 1 saturated heterocycles. The van der Waals surface area contributed by atoms with Gasteiger partial charge in [-0.15, -0.1) is 0 Å². The minimum absolute atomic E-state index is 0.272. The fourth-order valence-electron chi connectivity index (χ4n) is 5.34. The number of hydrogen-bond donors (Lipinski definition) is 1. The molecule has 2 unspecified atom stereocenters. The highest BCUT2D eigenvalue weighted by Gasteiger charge is 2.56. The van der Waals surface area contributed by atoms with Gasteiger partial charge in [-0.25, -0.2) is 4.90 Å². The van der Waals surface area contributed by atoms with Crippen LogP contribution in [0.1, 0.15) is 16.4 Å². The number of fused-ring (bicyclic) bond motifs is 2. The van der Waals surface area contributed by atoms with E-state index in [1.165, 1.54) is 27.3 Å². The zero-order valence-electron chi connectivity index (χ0n) is 22.4. The van der Waals surface area contributed by atoms with Gasteiger partial charge in [0.05, 0.1) is 26.7 Å². The van der Waals surface area contributed by atoms with Gasteiger partial charge < -0.3 is 10.2 Å². The number of nitrogens with one attached hydrogen (secondary N) is 1. The van der Waals surface area contributed by atoms with E-state index in [1.54, 1.807) is 36.4 Å². The quantitative estimate of drug-likeness (QED) is 0.272. The predicted molar refractivity (Wildman–Crippen MR) is 168 cm³/mol. The summed E-state index contributed by atoms with van der Waals surface area (Å²) in [5.74, 6) is -2.33. The molecule has 8 nitrogen and oxygen atoms in total. The summed E-state index contributed by atoms with van der Waals surface area (Å²) in [6.07, 6.45) is 0. The van der Waals surface area contributed by atoms with Crippen LogP contribution < -0.4 is 20.0 Å². The molecule has 42 heavy (non-hydrogen) atoms. The van der Waals surface area contributed by atoms with Crippen molar-refractivity contribution < 1.29 is 14.4 Å². The Hall–Kier alpha value is -3.57. The summed E-state index contributed by atoms with van der Waals surface area (Å²) < 4.78 is 1.39. The number of imide groups is 1. The molecule has 0 bridgehead atoms. The summed E-state index contributed by atoms with van der Waals surface area (Å²) in [5, 5.41) is 3.16. The van der Waals surface area contributed by atoms with Crippen molar-refractivity contribution >= 4 is 81.1 Å². The van der Waals surface area contributed by atoms with Crippen LogP contribution in [-0.2, 0) is 20.9 Å². The lowest BCUT2D eigenvalue weighted by molar-refractivity contribution is -0.122. The number of aromatic nitrogens is 1. The molecule has 12 heteroatoms. The molecule has 3 heterocycles. The van der Waals surface area contributed by atoms with Gasteiger partial charge >= 0.3 is 4.87 Å². The fourth-order valence-corrected chi connectivity index (χ4v) is 8.42. The first-order chi connectivity index (χ1) is 20.1. The smallest absolute Gasteiger partial charge is 0.308 e. The normalized spacial score (nSPS) is 19.4. The van der Waals surface area contributed by atoms with Crippen molar-refractivity contribution in [2.75, 3.05) is 29.2 Å². The molecule has 3 amide bonds. The van der Waals surface area contributed by atoms with Crippen molar-refractivity contribution in [1.29, 1.82) is 0 Å². The largest absolute Gasteiger partial charge is 0.378 e. The average Bonchev–Trinajstić information content (AvgIpc) is 3.41. The second-order valence-corrected chi connectivity index (χ2v) is 13.1. The van der Waals surface area contributed by atoms with Crippen molar-refractivity contribution in [3.05, 3.63) is 103 Å². The topological polar surface area (TPSA) is 91.7 Å². The Bertz CT molecular complexity index is 1770. The standard InChI is InChI=1S/C30H24Cl2N4O4S2/c1-34(2)18-11-8-16(9-12-18)23-24-25(28(39)36(27(24)38)19-6-4-3-5-7-19)41-29-26(23)42-30(40)35(29)15-22(37)33-17-10-13-20(31)21(32)14-17/h3-14,23-25H,15H2,1-2H3,(H,33,37)/t23-,24?,25?/m1/s1. The Morgan fingerprint density at radius 3 is 2.31 bits per heavy atom. The van der Waals surface area contributed by atoms with Gasteiger partial charge in [0, 0.05) is 36.3 Å². The van der Waals surface area contributed by atoms with E-state index in [1.807, 2.05) is 49.3 Å². The molecular formula is C30H24Cl2N4O4S2. The summed E-state index contributed by atoms with van der Waals surface area (Å²) >= 11 is 14.3. The third-order valence-corrected chi connectivity index (χ3v) is 10.7. The molecule has 0 aliphatic carbocycles. The number of halogens is 2. The number of nitrogens with zero attached hydrogens (tertiary/aromatic N) is 3. The van der Waals surface area contributed by atoms with Gasteiger partial charge in [0.15, 0.2) is 0 Å². The first-order valence-electron chi connectivity index (χ1n) is 13.0. The summed E-state index contributed by atoms with van der Waals surface area (Å²) in [6.45, 7) is -0.272. The van der Waals surface area contributed by atoms with Gasteiger partial charge in [-0.2, -0.15) is 0 Å². The molecule has 3 aromatic carbocycles. The molecule has 1 fully saturated rings. The SMILES string of the molecule is CN(C)c1ccc([C@H]2c3sc(=O)n(CC(=O)Nc4ccc(Cl)c(Cl)c4)c3SC3C(=O)N(c4ccccc4)C(=O)C32)cc1. The van der Waals surface area contributed by atoms with Gasteiger partial charge in [-0.05, 0) is 48.0 Å². The van der Waals surface area contributed by atoms with Gasteiger partial charge in [-0.3, -0.25) is 23.7 Å². The van der Waals surface area contributed by atoms with Crippen LogP contribution in [0.3, 0.4) is 0 Å². The highest BCUT2D eigenvalue weighted by atomic mass is 35.5. The average molecular weight is 640 g/mol. The van der Waals surface area contributed by atoms with Gasteiger partial charge in [0.2, 0.25) is 17.7 Å². The van der Waals surface area contributed by atoms with Crippen LogP contribution in [0.2, 0.25) is 10.0 Å². The Labute approximate surface area is 259 Å². The molecule has 1 N–H and O–H groups in total. The minimum atomic E-state index is -0.762. The Kier molecular flexibility index (Phi) is 7.65. The molecule has 214 valence electrons. The molecule has 4 aromatic rings. The zero-order valence-corrected chi connectivity index (χ0v) is 25.6. The van der Waals surface area contributed by atoms with Crippen LogP contribution in [0.5, 0.6) is 0 Å². The number of para-hydroxylation sites is 1. The highest BCUT2D eigenvalue weighted by molar-refractivity contribution is 8.00. The highest BCUT2D eigenvalue weighted by Crippen LogP contribution is 2.54. The number of benzene rings is 3. The molecule has 0 radical (unpaired) electrons. The number of carbonyl (C=O) groups excluding carboxylic acids is 3.